The zero-order valence-electron chi connectivity index (χ0n) is 16.9. The molecule has 0 fully saturated rings. The molecule has 0 spiro atoms. The van der Waals surface area contributed by atoms with Crippen LogP contribution in [0.25, 0.3) is 11.5 Å². The van der Waals surface area contributed by atoms with Gasteiger partial charge in [-0.05, 0) is 24.6 Å². The molecule has 4 rings (SSSR count). The fourth-order valence-electron chi connectivity index (χ4n) is 3.12. The molecule has 1 aliphatic heterocycles. The van der Waals surface area contributed by atoms with Crippen LogP contribution in [0.3, 0.4) is 0 Å². The molecule has 6 nitrogen and oxygen atoms in total. The summed E-state index contributed by atoms with van der Waals surface area (Å²) in [5.74, 6) is 3.95. The molecule has 31 heavy (non-hydrogen) atoms. The van der Waals surface area contributed by atoms with Gasteiger partial charge in [-0.15, -0.1) is 0 Å². The quantitative estimate of drug-likeness (QED) is 0.346. The lowest BCUT2D eigenvalue weighted by Gasteiger charge is -2.23. The average molecular weight is 431 g/mol. The van der Waals surface area contributed by atoms with Gasteiger partial charge in [-0.3, -0.25) is 9.99 Å². The van der Waals surface area contributed by atoms with Gasteiger partial charge < -0.3 is 10.1 Å². The molecule has 2 amide bonds. The Morgan fingerprint density at radius 2 is 1.39 bits per heavy atom. The van der Waals surface area contributed by atoms with E-state index in [0.717, 1.165) is 16.7 Å². The Labute approximate surface area is 181 Å². The molecular formula is C24H22N3O3P. The summed E-state index contributed by atoms with van der Waals surface area (Å²) in [6.07, 6.45) is 0. The number of hydrazine groups is 1. The van der Waals surface area contributed by atoms with Crippen LogP contribution in [-0.4, -0.2) is 6.03 Å². The number of hydrogen-bond donors (Lipinski definition) is 3. The smallest absolute Gasteiger partial charge is 0.333 e. The Kier molecular flexibility index (Phi) is 6.03. The highest BCUT2D eigenvalue weighted by molar-refractivity contribution is 7.68. The average Bonchev–Trinajstić information content (AvgIpc) is 2.79. The molecule has 3 aromatic rings. The molecule has 1 heterocycles. The zero-order valence-corrected chi connectivity index (χ0v) is 17.8. The fourth-order valence-corrected chi connectivity index (χ4v) is 4.70. The van der Waals surface area contributed by atoms with Gasteiger partial charge in [0.1, 0.15) is 11.5 Å². The molecule has 3 N–H and O–H groups in total. The van der Waals surface area contributed by atoms with E-state index in [9.17, 15) is 9.36 Å². The number of urea groups is 1. The SMILES string of the molecule is Cc1cccc(NC(=O)NNP2(=O)C=C(c3ccccc3)OC(c3ccccc3)=C2)c1. The number of anilines is 1. The van der Waals surface area contributed by atoms with Crippen LogP contribution in [-0.2, 0) is 9.30 Å². The molecule has 156 valence electrons. The molecule has 0 unspecified atom stereocenters. The maximum atomic E-state index is 13.6. The normalized spacial score (nSPS) is 14.6. The van der Waals surface area contributed by atoms with E-state index in [4.69, 9.17) is 4.74 Å². The summed E-state index contributed by atoms with van der Waals surface area (Å²) in [7, 11) is -3.30. The minimum atomic E-state index is -3.30. The minimum Gasteiger partial charge on any atom is -0.456 e. The van der Waals surface area contributed by atoms with Crippen molar-refractivity contribution in [2.75, 3.05) is 5.32 Å². The highest BCUT2D eigenvalue weighted by atomic mass is 31.2. The lowest BCUT2D eigenvalue weighted by atomic mass is 10.2. The molecule has 7 heteroatoms. The van der Waals surface area contributed by atoms with E-state index < -0.39 is 13.3 Å². The Balaban J connectivity index is 1.57. The molecule has 0 radical (unpaired) electrons. The van der Waals surface area contributed by atoms with Crippen LogP contribution in [0.5, 0.6) is 0 Å². The van der Waals surface area contributed by atoms with Gasteiger partial charge in [-0.25, -0.2) is 4.79 Å². The number of ether oxygens (including phenoxy) is 1. The van der Waals surface area contributed by atoms with Crippen LogP contribution >= 0.6 is 7.29 Å². The summed E-state index contributed by atoms with van der Waals surface area (Å²) in [5, 5.41) is 5.41. The zero-order chi connectivity index (χ0) is 21.7. The monoisotopic (exact) mass is 431 g/mol. The molecule has 0 bridgehead atoms. The molecule has 0 aliphatic carbocycles. The van der Waals surface area contributed by atoms with E-state index in [1.807, 2.05) is 85.8 Å². The van der Waals surface area contributed by atoms with E-state index in [1.54, 1.807) is 6.07 Å². The topological polar surface area (TPSA) is 79.5 Å². The van der Waals surface area contributed by atoms with Crippen LogP contribution < -0.4 is 15.9 Å². The summed E-state index contributed by atoms with van der Waals surface area (Å²) in [5.41, 5.74) is 5.74. The molecule has 1 aliphatic rings. The van der Waals surface area contributed by atoms with Gasteiger partial charge in [0.25, 0.3) is 0 Å². The first-order chi connectivity index (χ1) is 15.0. The third kappa shape index (κ3) is 5.31. The van der Waals surface area contributed by atoms with Gasteiger partial charge in [0.05, 0.1) is 0 Å². The maximum Gasteiger partial charge on any atom is 0.333 e. The Morgan fingerprint density at radius 3 is 1.94 bits per heavy atom. The van der Waals surface area contributed by atoms with Gasteiger partial charge in [-0.1, -0.05) is 72.8 Å². The molecule has 0 atom stereocenters. The standard InChI is InChI=1S/C24H22N3O3P/c1-18-9-8-14-21(15-18)25-24(28)26-27-31(29)16-22(19-10-4-2-5-11-19)30-23(17-31)20-12-6-3-7-13-20/h2-17H,1H3,(H,27,29)(H2,25,26,28). The number of nitrogens with one attached hydrogen (secondary N) is 3. The third-order valence-corrected chi connectivity index (χ3v) is 6.27. The second kappa shape index (κ2) is 9.04. The summed E-state index contributed by atoms with van der Waals surface area (Å²) >= 11 is 0. The van der Waals surface area contributed by atoms with Gasteiger partial charge in [-0.2, -0.15) is 5.20 Å². The Morgan fingerprint density at radius 1 is 0.806 bits per heavy atom. The number of carbonyl (C=O) groups is 1. The molecule has 0 aromatic heterocycles. The molecular weight excluding hydrogens is 409 g/mol. The molecule has 0 saturated carbocycles. The van der Waals surface area contributed by atoms with E-state index in [1.165, 1.54) is 11.6 Å². The van der Waals surface area contributed by atoms with Crippen LogP contribution in [0, 0.1) is 6.92 Å². The van der Waals surface area contributed by atoms with Crippen molar-refractivity contribution >= 4 is 30.5 Å². The van der Waals surface area contributed by atoms with Crippen LogP contribution in [0.2, 0.25) is 0 Å². The van der Waals surface area contributed by atoms with Crippen molar-refractivity contribution in [3.8, 4) is 0 Å². The third-order valence-electron chi connectivity index (χ3n) is 4.57. The largest absolute Gasteiger partial charge is 0.456 e. The Hall–Kier alpha value is -3.60. The van der Waals surface area contributed by atoms with Crippen LogP contribution in [0.4, 0.5) is 10.5 Å². The number of amides is 2. The van der Waals surface area contributed by atoms with Crippen LogP contribution in [0.1, 0.15) is 16.7 Å². The predicted octanol–water partition coefficient (Wildman–Crippen LogP) is 5.93. The number of benzene rings is 3. The number of hydrogen-bond acceptors (Lipinski definition) is 3. The summed E-state index contributed by atoms with van der Waals surface area (Å²) in [6, 6.07) is 25.7. The first-order valence-electron chi connectivity index (χ1n) is 9.76. The number of rotatable bonds is 5. The Bertz CT molecular complexity index is 1130. The van der Waals surface area contributed by atoms with Crippen molar-refractivity contribution in [3.05, 3.63) is 113 Å². The second-order valence-corrected chi connectivity index (χ2v) is 9.25. The van der Waals surface area contributed by atoms with E-state index >= 15 is 0 Å². The number of aryl methyl sites for hydroxylation is 1. The first-order valence-corrected chi connectivity index (χ1v) is 11.6. The predicted molar refractivity (Wildman–Crippen MR) is 124 cm³/mol. The van der Waals surface area contributed by atoms with Crippen molar-refractivity contribution in [2.24, 2.45) is 0 Å². The van der Waals surface area contributed by atoms with Crippen molar-refractivity contribution in [1.82, 2.24) is 10.6 Å². The van der Waals surface area contributed by atoms with E-state index in [2.05, 4.69) is 15.9 Å². The van der Waals surface area contributed by atoms with Gasteiger partial charge in [0.2, 0.25) is 7.29 Å². The highest BCUT2D eigenvalue weighted by Crippen LogP contribution is 2.52. The van der Waals surface area contributed by atoms with E-state index in [0.29, 0.717) is 17.2 Å². The summed E-state index contributed by atoms with van der Waals surface area (Å²) < 4.78 is 19.7. The lowest BCUT2D eigenvalue weighted by molar-refractivity contribution is 0.250. The van der Waals surface area contributed by atoms with Gasteiger partial charge in [0.15, 0.2) is 0 Å². The van der Waals surface area contributed by atoms with Crippen molar-refractivity contribution in [2.45, 2.75) is 6.92 Å². The molecule has 3 aromatic carbocycles. The van der Waals surface area contributed by atoms with Crippen molar-refractivity contribution < 1.29 is 14.1 Å². The molecule has 0 saturated heterocycles. The lowest BCUT2D eigenvalue weighted by Crippen LogP contribution is -2.38. The first kappa shape index (κ1) is 20.7. The second-order valence-electron chi connectivity index (χ2n) is 7.09. The number of carbonyl (C=O) groups excluding carboxylic acids is 1. The minimum absolute atomic E-state index is 0.457. The van der Waals surface area contributed by atoms with Crippen LogP contribution in [0.15, 0.2) is 96.6 Å². The maximum absolute atomic E-state index is 13.6. The van der Waals surface area contributed by atoms with Crippen molar-refractivity contribution in [1.29, 1.82) is 0 Å². The van der Waals surface area contributed by atoms with Gasteiger partial charge >= 0.3 is 6.03 Å². The van der Waals surface area contributed by atoms with Crippen molar-refractivity contribution in [3.63, 3.8) is 0 Å². The summed E-state index contributed by atoms with van der Waals surface area (Å²) in [4.78, 5) is 12.3. The summed E-state index contributed by atoms with van der Waals surface area (Å²) in [6.45, 7) is 1.94. The fraction of sp³-hybridized carbons (Fsp3) is 0.0417. The van der Waals surface area contributed by atoms with E-state index in [-0.39, 0.29) is 0 Å². The highest BCUT2D eigenvalue weighted by Gasteiger charge is 2.27. The van der Waals surface area contributed by atoms with Gasteiger partial charge in [0, 0.05) is 28.4 Å².